The van der Waals surface area contributed by atoms with E-state index >= 15 is 0 Å². The monoisotopic (exact) mass is 209 g/mol. The average molecular weight is 209 g/mol. The molecule has 0 spiro atoms. The molecule has 0 aliphatic heterocycles. The van der Waals surface area contributed by atoms with Gasteiger partial charge in [-0.3, -0.25) is 4.98 Å². The number of aromatic nitrogens is 1. The van der Waals surface area contributed by atoms with Crippen molar-refractivity contribution in [2.75, 3.05) is 0 Å². The summed E-state index contributed by atoms with van der Waals surface area (Å²) in [5, 5.41) is 15.9. The maximum absolute atomic E-state index is 8.25. The molecule has 0 saturated carbocycles. The van der Waals surface area contributed by atoms with Crippen molar-refractivity contribution >= 4 is 10.9 Å². The van der Waals surface area contributed by atoms with Crippen molar-refractivity contribution in [1.29, 1.82) is 0 Å². The molecule has 0 unspecified atom stereocenters. The third kappa shape index (κ3) is 4.53. The van der Waals surface area contributed by atoms with E-state index in [-0.39, 0.29) is 6.15 Å². The summed E-state index contributed by atoms with van der Waals surface area (Å²) in [6.07, 6.45) is 1.81. The SMILES string of the molecule is O=[N+]([O-])[O-].[NH4+].c1ccc2ncccc2c1. The zero-order chi connectivity index (χ0) is 10.4. The molecule has 0 bridgehead atoms. The first-order chi connectivity index (χ1) is 6.70. The zero-order valence-corrected chi connectivity index (χ0v) is 8.16. The summed E-state index contributed by atoms with van der Waals surface area (Å²) in [6.45, 7) is 0. The summed E-state index contributed by atoms with van der Waals surface area (Å²) in [6, 6.07) is 12.1. The highest BCUT2D eigenvalue weighted by atomic mass is 16.9. The van der Waals surface area contributed by atoms with E-state index in [2.05, 4.69) is 17.1 Å². The molecule has 0 saturated heterocycles. The summed E-state index contributed by atoms with van der Waals surface area (Å²) in [5.74, 6) is 0. The van der Waals surface area contributed by atoms with E-state index in [1.807, 2.05) is 30.5 Å². The number of benzene rings is 1. The van der Waals surface area contributed by atoms with Gasteiger partial charge in [0, 0.05) is 11.6 Å². The van der Waals surface area contributed by atoms with Crippen LogP contribution >= 0.6 is 0 Å². The van der Waals surface area contributed by atoms with E-state index in [0.29, 0.717) is 0 Å². The lowest BCUT2D eigenvalue weighted by atomic mass is 10.2. The molecule has 2 aromatic rings. The van der Waals surface area contributed by atoms with Crippen LogP contribution in [0, 0.1) is 15.3 Å². The minimum absolute atomic E-state index is 0. The van der Waals surface area contributed by atoms with Crippen LogP contribution < -0.4 is 6.15 Å². The minimum atomic E-state index is -1.75. The molecule has 4 N–H and O–H groups in total. The van der Waals surface area contributed by atoms with Gasteiger partial charge in [-0.25, -0.2) is 0 Å². The molecule has 80 valence electrons. The Morgan fingerprint density at radius 3 is 2.20 bits per heavy atom. The number of quaternary nitrogens is 1. The van der Waals surface area contributed by atoms with Crippen molar-refractivity contribution in [2.45, 2.75) is 0 Å². The second-order valence-electron chi connectivity index (χ2n) is 2.42. The maximum Gasteiger partial charge on any atom is 0.0701 e. The Morgan fingerprint density at radius 2 is 1.60 bits per heavy atom. The van der Waals surface area contributed by atoms with Crippen LogP contribution in [0.1, 0.15) is 0 Å². The van der Waals surface area contributed by atoms with Crippen molar-refractivity contribution in [3.8, 4) is 0 Å². The number of hydrogen-bond acceptors (Lipinski definition) is 4. The van der Waals surface area contributed by atoms with Crippen molar-refractivity contribution in [3.05, 3.63) is 57.9 Å². The molecule has 0 atom stereocenters. The van der Waals surface area contributed by atoms with Crippen molar-refractivity contribution in [2.24, 2.45) is 0 Å². The smallest absolute Gasteiger partial charge is 0.0701 e. The van der Waals surface area contributed by atoms with Gasteiger partial charge in [0.05, 0.1) is 10.6 Å². The summed E-state index contributed by atoms with van der Waals surface area (Å²) in [5.41, 5.74) is 1.06. The summed E-state index contributed by atoms with van der Waals surface area (Å²) < 4.78 is 0. The Balaban J connectivity index is 0.000000346. The third-order valence-corrected chi connectivity index (χ3v) is 1.51. The number of hydrogen-bond donors (Lipinski definition) is 1. The molecule has 1 aromatic carbocycles. The second-order valence-corrected chi connectivity index (χ2v) is 2.42. The number of pyridine rings is 1. The van der Waals surface area contributed by atoms with Gasteiger partial charge in [-0.15, -0.1) is 0 Å². The maximum atomic E-state index is 8.25. The van der Waals surface area contributed by atoms with Crippen LogP contribution in [0.3, 0.4) is 0 Å². The van der Waals surface area contributed by atoms with Crippen LogP contribution in [0.2, 0.25) is 0 Å². The highest BCUT2D eigenvalue weighted by Gasteiger charge is 1.86. The van der Waals surface area contributed by atoms with Gasteiger partial charge in [0.1, 0.15) is 0 Å². The van der Waals surface area contributed by atoms with Gasteiger partial charge in [0.15, 0.2) is 0 Å². The standard InChI is InChI=1S/C9H7N.NO3.H3N/c1-2-6-9-8(4-1)5-3-7-10-9;2-1(3)4;/h1-7H;;1H3/q;-1;/p+1. The lowest BCUT2D eigenvalue weighted by molar-refractivity contribution is -0.402. The van der Waals surface area contributed by atoms with E-state index < -0.39 is 5.09 Å². The number of fused-ring (bicyclic) bond motifs is 1. The van der Waals surface area contributed by atoms with Gasteiger partial charge < -0.3 is 21.5 Å². The molecule has 2 rings (SSSR count). The minimum Gasteiger partial charge on any atom is -0.369 e. The van der Waals surface area contributed by atoms with Crippen LogP contribution in [0.4, 0.5) is 0 Å². The van der Waals surface area contributed by atoms with Crippen LogP contribution in [0.15, 0.2) is 42.6 Å². The molecule has 0 aliphatic carbocycles. The lowest BCUT2D eigenvalue weighted by Gasteiger charge is -1.91. The molecule has 0 amide bonds. The molecule has 0 fully saturated rings. The summed E-state index contributed by atoms with van der Waals surface area (Å²) in [7, 11) is 0. The second kappa shape index (κ2) is 6.28. The normalized spacial score (nSPS) is 8.27. The lowest BCUT2D eigenvalue weighted by Crippen LogP contribution is -1.74. The zero-order valence-electron chi connectivity index (χ0n) is 8.16. The predicted molar refractivity (Wildman–Crippen MR) is 58.1 cm³/mol. The molecule has 6 nitrogen and oxygen atoms in total. The van der Waals surface area contributed by atoms with Crippen LogP contribution in [0.25, 0.3) is 10.9 Å². The molecule has 1 heterocycles. The van der Waals surface area contributed by atoms with Crippen molar-refractivity contribution in [1.82, 2.24) is 11.1 Å². The van der Waals surface area contributed by atoms with Gasteiger partial charge in [-0.05, 0) is 12.1 Å². The fraction of sp³-hybridized carbons (Fsp3) is 0. The molecule has 6 heteroatoms. The third-order valence-electron chi connectivity index (χ3n) is 1.51. The fourth-order valence-electron chi connectivity index (χ4n) is 1.02. The largest absolute Gasteiger partial charge is 0.369 e. The van der Waals surface area contributed by atoms with Crippen molar-refractivity contribution < 1.29 is 5.09 Å². The molecular formula is C9H11N3O3. The molecule has 1 aromatic heterocycles. The molecule has 0 aliphatic rings. The van der Waals surface area contributed by atoms with E-state index in [1.54, 1.807) is 0 Å². The van der Waals surface area contributed by atoms with Crippen LogP contribution in [-0.2, 0) is 0 Å². The van der Waals surface area contributed by atoms with Crippen molar-refractivity contribution in [3.63, 3.8) is 0 Å². The Hall–Kier alpha value is -2.21. The topological polar surface area (TPSA) is 116 Å². The highest BCUT2D eigenvalue weighted by Crippen LogP contribution is 2.07. The van der Waals surface area contributed by atoms with Gasteiger partial charge >= 0.3 is 0 Å². The van der Waals surface area contributed by atoms with E-state index in [4.69, 9.17) is 15.3 Å². The summed E-state index contributed by atoms with van der Waals surface area (Å²) >= 11 is 0. The summed E-state index contributed by atoms with van der Waals surface area (Å²) in [4.78, 5) is 12.4. The van der Waals surface area contributed by atoms with Crippen LogP contribution in [-0.4, -0.2) is 10.1 Å². The number of rotatable bonds is 0. The Morgan fingerprint density at radius 1 is 1.07 bits per heavy atom. The quantitative estimate of drug-likeness (QED) is 0.529. The van der Waals surface area contributed by atoms with Gasteiger partial charge in [-0.1, -0.05) is 24.3 Å². The van der Waals surface area contributed by atoms with Gasteiger partial charge in [0.2, 0.25) is 0 Å². The van der Waals surface area contributed by atoms with E-state index in [9.17, 15) is 0 Å². The number of nitrogens with zero attached hydrogens (tertiary/aromatic N) is 2. The Bertz CT molecular complexity index is 364. The Labute approximate surface area is 85.9 Å². The highest BCUT2D eigenvalue weighted by molar-refractivity contribution is 5.77. The van der Waals surface area contributed by atoms with Gasteiger partial charge in [0.25, 0.3) is 0 Å². The fourth-order valence-corrected chi connectivity index (χ4v) is 1.02. The first kappa shape index (κ1) is 12.8. The molecular weight excluding hydrogens is 198 g/mol. The van der Waals surface area contributed by atoms with Gasteiger partial charge in [-0.2, -0.15) is 0 Å². The van der Waals surface area contributed by atoms with E-state index in [0.717, 1.165) is 5.52 Å². The number of para-hydroxylation sites is 1. The van der Waals surface area contributed by atoms with Crippen LogP contribution in [0.5, 0.6) is 0 Å². The predicted octanol–water partition coefficient (Wildman–Crippen LogP) is 2.37. The first-order valence-corrected chi connectivity index (χ1v) is 3.81. The first-order valence-electron chi connectivity index (χ1n) is 3.81. The van der Waals surface area contributed by atoms with E-state index in [1.165, 1.54) is 5.39 Å². The molecule has 0 radical (unpaired) electrons. The Kier molecular flexibility index (Phi) is 5.35. The molecule has 15 heavy (non-hydrogen) atoms. The average Bonchev–Trinajstić information content (AvgIpc) is 2.17.